The molecule has 0 bridgehead atoms. The van der Waals surface area contributed by atoms with E-state index in [2.05, 4.69) is 22.5 Å². The maximum Gasteiger partial charge on any atom is 0.319 e. The Morgan fingerprint density at radius 3 is 2.41 bits per heavy atom. The average molecular weight is 303 g/mol. The summed E-state index contributed by atoms with van der Waals surface area (Å²) < 4.78 is 0. The molecule has 0 spiro atoms. The lowest BCUT2D eigenvalue weighted by Gasteiger charge is -2.16. The Morgan fingerprint density at radius 1 is 1.23 bits per heavy atom. The van der Waals surface area contributed by atoms with Crippen LogP contribution in [-0.2, 0) is 4.79 Å². The van der Waals surface area contributed by atoms with E-state index in [4.69, 9.17) is 0 Å². The predicted octanol–water partition coefficient (Wildman–Crippen LogP) is 3.76. The first kappa shape index (κ1) is 17.8. The number of rotatable bonds is 7. The summed E-state index contributed by atoms with van der Waals surface area (Å²) in [6.07, 6.45) is 3.36. The first-order chi connectivity index (χ1) is 10.5. The van der Waals surface area contributed by atoms with Crippen molar-refractivity contribution in [3.63, 3.8) is 0 Å². The molecule has 0 aliphatic carbocycles. The lowest BCUT2D eigenvalue weighted by Crippen LogP contribution is -2.37. The summed E-state index contributed by atoms with van der Waals surface area (Å²) in [4.78, 5) is 23.6. The van der Waals surface area contributed by atoms with E-state index in [0.717, 1.165) is 12.8 Å². The summed E-state index contributed by atoms with van der Waals surface area (Å²) in [6.45, 7) is 9.35. The minimum Gasteiger partial charge on any atom is -0.335 e. The molecule has 0 aliphatic heterocycles. The van der Waals surface area contributed by atoms with Gasteiger partial charge in [0.1, 0.15) is 0 Å². The van der Waals surface area contributed by atoms with Crippen LogP contribution in [0.25, 0.3) is 0 Å². The number of amides is 3. The number of hydrogen-bond acceptors (Lipinski definition) is 2. The van der Waals surface area contributed by atoms with Crippen molar-refractivity contribution in [2.45, 2.75) is 39.7 Å². The van der Waals surface area contributed by atoms with E-state index < -0.39 is 0 Å². The minimum absolute atomic E-state index is 0.0568. The molecule has 3 amide bonds. The van der Waals surface area contributed by atoms with Crippen LogP contribution < -0.4 is 16.0 Å². The van der Waals surface area contributed by atoms with Crippen LogP contribution in [0.15, 0.2) is 36.9 Å². The second kappa shape index (κ2) is 8.87. The molecule has 1 rings (SSSR count). The summed E-state index contributed by atoms with van der Waals surface area (Å²) in [5.41, 5.74) is 1.29. The van der Waals surface area contributed by atoms with Gasteiger partial charge in [0.25, 0.3) is 0 Å². The van der Waals surface area contributed by atoms with E-state index in [1.807, 2.05) is 20.8 Å². The molecule has 5 nitrogen and oxygen atoms in total. The van der Waals surface area contributed by atoms with Crippen molar-refractivity contribution in [3.8, 4) is 0 Å². The van der Waals surface area contributed by atoms with Gasteiger partial charge in [-0.15, -0.1) is 6.58 Å². The van der Waals surface area contributed by atoms with Crippen LogP contribution in [0.3, 0.4) is 0 Å². The normalized spacial score (nSPS) is 11.6. The third-order valence-electron chi connectivity index (χ3n) is 3.19. The molecule has 0 radical (unpaired) electrons. The monoisotopic (exact) mass is 303 g/mol. The first-order valence-corrected chi connectivity index (χ1v) is 7.55. The number of urea groups is 1. The molecular weight excluding hydrogens is 278 g/mol. The predicted molar refractivity (Wildman–Crippen MR) is 91.0 cm³/mol. The molecule has 0 heterocycles. The molecule has 0 aliphatic rings. The van der Waals surface area contributed by atoms with Gasteiger partial charge in [-0.2, -0.15) is 0 Å². The number of hydrogen-bond donors (Lipinski definition) is 3. The van der Waals surface area contributed by atoms with Gasteiger partial charge < -0.3 is 16.0 Å². The van der Waals surface area contributed by atoms with Crippen molar-refractivity contribution in [1.29, 1.82) is 0 Å². The fourth-order valence-corrected chi connectivity index (χ4v) is 1.84. The van der Waals surface area contributed by atoms with Crippen LogP contribution in [0, 0.1) is 5.92 Å². The number of carbonyl (C=O) groups excluding carboxylic acids is 2. The summed E-state index contributed by atoms with van der Waals surface area (Å²) in [6, 6.07) is 6.89. The van der Waals surface area contributed by atoms with Crippen molar-refractivity contribution in [3.05, 3.63) is 36.9 Å². The smallest absolute Gasteiger partial charge is 0.319 e. The molecule has 5 heteroatoms. The zero-order chi connectivity index (χ0) is 16.5. The first-order valence-electron chi connectivity index (χ1n) is 7.55. The summed E-state index contributed by atoms with van der Waals surface area (Å²) in [5, 5.41) is 8.46. The fraction of sp³-hybridized carbons (Fsp3) is 0.412. The maximum absolute atomic E-state index is 12.0. The van der Waals surface area contributed by atoms with Crippen molar-refractivity contribution in [2.24, 2.45) is 5.92 Å². The van der Waals surface area contributed by atoms with Crippen LogP contribution in [-0.4, -0.2) is 18.0 Å². The van der Waals surface area contributed by atoms with Gasteiger partial charge in [0.05, 0.1) is 0 Å². The van der Waals surface area contributed by atoms with Crippen LogP contribution in [0.1, 0.15) is 33.6 Å². The van der Waals surface area contributed by atoms with E-state index in [1.165, 1.54) is 0 Å². The average Bonchev–Trinajstić information content (AvgIpc) is 2.46. The van der Waals surface area contributed by atoms with Gasteiger partial charge in [-0.3, -0.25) is 4.79 Å². The number of benzene rings is 1. The highest BCUT2D eigenvalue weighted by molar-refractivity contribution is 5.94. The third kappa shape index (κ3) is 5.99. The Morgan fingerprint density at radius 2 is 1.86 bits per heavy atom. The maximum atomic E-state index is 12.0. The van der Waals surface area contributed by atoms with Gasteiger partial charge in [-0.05, 0) is 31.0 Å². The highest BCUT2D eigenvalue weighted by Gasteiger charge is 2.10. The van der Waals surface area contributed by atoms with Crippen molar-refractivity contribution in [1.82, 2.24) is 5.32 Å². The molecule has 0 saturated heterocycles. The van der Waals surface area contributed by atoms with Crippen molar-refractivity contribution < 1.29 is 9.59 Å². The second-order valence-electron chi connectivity index (χ2n) is 5.45. The summed E-state index contributed by atoms with van der Waals surface area (Å²) in [7, 11) is 0. The van der Waals surface area contributed by atoms with E-state index in [0.29, 0.717) is 11.4 Å². The van der Waals surface area contributed by atoms with Gasteiger partial charge in [-0.25, -0.2) is 4.79 Å². The number of anilines is 2. The lowest BCUT2D eigenvalue weighted by molar-refractivity contribution is -0.118. The molecule has 0 aromatic heterocycles. The van der Waals surface area contributed by atoms with Crippen molar-refractivity contribution in [2.75, 3.05) is 10.6 Å². The molecule has 1 atom stereocenters. The minimum atomic E-state index is -0.263. The van der Waals surface area contributed by atoms with Gasteiger partial charge in [0, 0.05) is 23.3 Å². The van der Waals surface area contributed by atoms with E-state index in [-0.39, 0.29) is 23.9 Å². The van der Waals surface area contributed by atoms with Gasteiger partial charge >= 0.3 is 6.03 Å². The highest BCUT2D eigenvalue weighted by atomic mass is 16.2. The van der Waals surface area contributed by atoms with Crippen LogP contribution >= 0.6 is 0 Å². The highest BCUT2D eigenvalue weighted by Crippen LogP contribution is 2.16. The van der Waals surface area contributed by atoms with E-state index >= 15 is 0 Å². The number of nitrogens with one attached hydrogen (secondary N) is 3. The zero-order valence-corrected chi connectivity index (χ0v) is 13.5. The molecule has 0 saturated carbocycles. The summed E-state index contributed by atoms with van der Waals surface area (Å²) >= 11 is 0. The second-order valence-corrected chi connectivity index (χ2v) is 5.45. The Hall–Kier alpha value is -2.30. The van der Waals surface area contributed by atoms with Gasteiger partial charge in [0.15, 0.2) is 0 Å². The molecule has 1 aromatic rings. The zero-order valence-electron chi connectivity index (χ0n) is 13.5. The largest absolute Gasteiger partial charge is 0.335 e. The molecule has 120 valence electrons. The van der Waals surface area contributed by atoms with Gasteiger partial charge in [0.2, 0.25) is 5.91 Å². The molecule has 1 unspecified atom stereocenters. The topological polar surface area (TPSA) is 70.2 Å². The van der Waals surface area contributed by atoms with Crippen molar-refractivity contribution >= 4 is 23.3 Å². The van der Waals surface area contributed by atoms with E-state index in [9.17, 15) is 9.59 Å². The molecule has 0 fully saturated rings. The standard InChI is InChI=1S/C17H25N3O2/c1-5-8-13(6-2)19-17(22)20-15-10-7-9-14(11-15)18-16(21)12(3)4/h5,7,9-13H,1,6,8H2,2-4H3,(H,18,21)(H2,19,20,22). The van der Waals surface area contributed by atoms with Crippen LogP contribution in [0.5, 0.6) is 0 Å². The Bertz CT molecular complexity index is 526. The molecule has 3 N–H and O–H groups in total. The van der Waals surface area contributed by atoms with Gasteiger partial charge in [-0.1, -0.05) is 32.9 Å². The fourth-order valence-electron chi connectivity index (χ4n) is 1.84. The Balaban J connectivity index is 2.64. The van der Waals surface area contributed by atoms with Crippen LogP contribution in [0.4, 0.5) is 16.2 Å². The lowest BCUT2D eigenvalue weighted by atomic mass is 10.1. The molecular formula is C17H25N3O2. The number of carbonyl (C=O) groups is 2. The third-order valence-corrected chi connectivity index (χ3v) is 3.19. The molecule has 1 aromatic carbocycles. The summed E-state index contributed by atoms with van der Waals surface area (Å²) in [5.74, 6) is -0.150. The van der Waals surface area contributed by atoms with Crippen LogP contribution in [0.2, 0.25) is 0 Å². The Kier molecular flexibility index (Phi) is 7.16. The van der Waals surface area contributed by atoms with E-state index in [1.54, 1.807) is 30.3 Å². The SMILES string of the molecule is C=CCC(CC)NC(=O)Nc1cccc(NC(=O)C(C)C)c1. The molecule has 22 heavy (non-hydrogen) atoms. The quantitative estimate of drug-likeness (QED) is 0.671. The Labute approximate surface area is 132 Å².